The van der Waals surface area contributed by atoms with Gasteiger partial charge >= 0.3 is 6.09 Å². The van der Waals surface area contributed by atoms with E-state index in [-0.39, 0.29) is 142 Å². The molecule has 0 saturated carbocycles. The second-order valence-corrected chi connectivity index (χ2v) is 27.7. The van der Waals surface area contributed by atoms with Crippen LogP contribution >= 0.6 is 0 Å². The third-order valence-electron chi connectivity index (χ3n) is 19.3. The third kappa shape index (κ3) is 25.0. The van der Waals surface area contributed by atoms with Gasteiger partial charge in [-0.15, -0.1) is 0 Å². The Hall–Kier alpha value is -7.90. The molecule has 25 nitrogen and oxygen atoms in total. The van der Waals surface area contributed by atoms with E-state index in [4.69, 9.17) is 29.4 Å². The molecule has 0 bridgehead atoms. The number of hydrogen-bond donors (Lipinski definition) is 4. The zero-order valence-corrected chi connectivity index (χ0v) is 61.3. The maximum absolute atomic E-state index is 15.1. The number of carbonyl (C=O) groups is 12. The number of methoxy groups -OCH3 is 4. The number of rotatable bonds is 45. The number of alkyl carbamates (subject to hydrolysis) is 1. The molecule has 25 heteroatoms. The van der Waals surface area contributed by atoms with Gasteiger partial charge in [0.05, 0.1) is 75.5 Å². The average Bonchev–Trinajstić information content (AvgIpc) is 1.74. The third-order valence-corrected chi connectivity index (χ3v) is 19.3. The molecule has 99 heavy (non-hydrogen) atoms. The molecule has 2 heterocycles. The van der Waals surface area contributed by atoms with Gasteiger partial charge in [-0.1, -0.05) is 106 Å². The summed E-state index contributed by atoms with van der Waals surface area (Å²) in [5.41, 5.74) is 6.84. The molecule has 0 aliphatic carbocycles. The molecule has 4 rings (SSSR count). The van der Waals surface area contributed by atoms with Crippen LogP contribution in [0, 0.1) is 41.4 Å². The second kappa shape index (κ2) is 41.0. The molecular formula is C74H112N8O17. The van der Waals surface area contributed by atoms with E-state index in [0.717, 1.165) is 4.90 Å². The first-order valence-corrected chi connectivity index (χ1v) is 34.8. The number of likely N-dealkylation sites (tertiary alicyclic amines) is 1. The van der Waals surface area contributed by atoms with Crippen molar-refractivity contribution in [3.05, 3.63) is 71.3 Å². The Bertz CT molecular complexity index is 3090. The van der Waals surface area contributed by atoms with Gasteiger partial charge in [0, 0.05) is 96.0 Å². The highest BCUT2D eigenvalue weighted by Gasteiger charge is 2.46. The molecule has 5 N–H and O–H groups in total. The van der Waals surface area contributed by atoms with E-state index in [1.165, 1.54) is 46.7 Å². The predicted molar refractivity (Wildman–Crippen MR) is 373 cm³/mol. The van der Waals surface area contributed by atoms with Gasteiger partial charge in [-0.25, -0.2) is 4.79 Å². The van der Waals surface area contributed by atoms with Crippen molar-refractivity contribution >= 4 is 70.6 Å². The van der Waals surface area contributed by atoms with Gasteiger partial charge < -0.3 is 55.2 Å². The normalized spacial score (nSPS) is 17.3. The minimum Gasteiger partial charge on any atom is -0.493 e. The second-order valence-electron chi connectivity index (χ2n) is 27.7. The van der Waals surface area contributed by atoms with Crippen LogP contribution in [-0.2, 0) is 75.2 Å². The van der Waals surface area contributed by atoms with Gasteiger partial charge in [0.2, 0.25) is 29.5 Å². The lowest BCUT2D eigenvalue weighted by Gasteiger charge is -2.41. The van der Waals surface area contributed by atoms with Gasteiger partial charge in [-0.3, -0.25) is 62.5 Å². The summed E-state index contributed by atoms with van der Waals surface area (Å²) in [6.07, 6.45) is 3.24. The molecule has 0 radical (unpaired) electrons. The largest absolute Gasteiger partial charge is 0.493 e. The Kier molecular flexibility index (Phi) is 34.6. The van der Waals surface area contributed by atoms with Crippen LogP contribution in [0.5, 0.6) is 11.5 Å². The summed E-state index contributed by atoms with van der Waals surface area (Å²) >= 11 is 0. The van der Waals surface area contributed by atoms with Crippen LogP contribution < -0.4 is 31.2 Å². The minimum absolute atomic E-state index is 0.0117. The fourth-order valence-electron chi connectivity index (χ4n) is 13.4. The number of imide groups is 1. The number of hydrogen-bond acceptors (Lipinski definition) is 18. The predicted octanol–water partition coefficient (Wildman–Crippen LogP) is 7.00. The summed E-state index contributed by atoms with van der Waals surface area (Å²) in [5.74, 6) is -5.90. The molecule has 2 aliphatic heterocycles. The summed E-state index contributed by atoms with van der Waals surface area (Å²) in [7, 11) is 11.2. The van der Waals surface area contributed by atoms with E-state index >= 15 is 4.79 Å². The first kappa shape index (κ1) is 83.5. The Morgan fingerprint density at radius 2 is 1.31 bits per heavy atom. The number of benzene rings is 2. The van der Waals surface area contributed by atoms with Crippen molar-refractivity contribution in [1.82, 2.24) is 35.6 Å². The number of ether oxygens (including phenoxy) is 5. The zero-order valence-electron chi connectivity index (χ0n) is 61.3. The highest BCUT2D eigenvalue weighted by Crippen LogP contribution is 2.33. The van der Waals surface area contributed by atoms with Crippen molar-refractivity contribution < 1.29 is 81.2 Å². The first-order valence-electron chi connectivity index (χ1n) is 34.8. The van der Waals surface area contributed by atoms with E-state index in [1.807, 2.05) is 74.4 Å². The number of carbonyl (C=O) groups excluding carboxylic acids is 12. The Morgan fingerprint density at radius 3 is 1.88 bits per heavy atom. The van der Waals surface area contributed by atoms with Gasteiger partial charge in [0.25, 0.3) is 11.8 Å². The smallest absolute Gasteiger partial charge is 0.407 e. The van der Waals surface area contributed by atoms with Gasteiger partial charge in [-0.05, 0) is 99.2 Å². The van der Waals surface area contributed by atoms with Gasteiger partial charge in [0.1, 0.15) is 12.4 Å². The summed E-state index contributed by atoms with van der Waals surface area (Å²) in [5, 5.41) is 8.54. The van der Waals surface area contributed by atoms with E-state index in [0.29, 0.717) is 61.2 Å². The van der Waals surface area contributed by atoms with Crippen molar-refractivity contribution in [2.75, 3.05) is 69.2 Å². The van der Waals surface area contributed by atoms with E-state index in [1.54, 1.807) is 60.2 Å². The molecule has 8 amide bonds. The van der Waals surface area contributed by atoms with Crippen molar-refractivity contribution in [3.8, 4) is 11.5 Å². The fraction of sp³-hybridized carbons (Fsp3) is 0.649. The molecule has 0 aromatic heterocycles. The quantitative estimate of drug-likeness (QED) is 0.0294. The molecule has 2 aromatic rings. The molecular weight excluding hydrogens is 1270 g/mol. The zero-order chi connectivity index (χ0) is 74.0. The van der Waals surface area contributed by atoms with Crippen LogP contribution in [0.2, 0.25) is 0 Å². The lowest BCUT2D eigenvalue weighted by molar-refractivity contribution is -0.149. The molecule has 11 atom stereocenters. The highest BCUT2D eigenvalue weighted by atomic mass is 16.5. The monoisotopic (exact) mass is 1380 g/mol. The highest BCUT2D eigenvalue weighted by molar-refractivity contribution is 6.12. The van der Waals surface area contributed by atoms with Crippen molar-refractivity contribution in [3.63, 3.8) is 0 Å². The summed E-state index contributed by atoms with van der Waals surface area (Å²) in [6.45, 7) is 16.7. The number of likely N-dealkylation sites (N-methyl/N-ethyl adjacent to an activating group) is 2. The van der Waals surface area contributed by atoms with Crippen LogP contribution in [0.4, 0.5) is 4.79 Å². The lowest BCUT2D eigenvalue weighted by Crippen LogP contribution is -2.54. The van der Waals surface area contributed by atoms with Crippen LogP contribution in [0.25, 0.3) is 0 Å². The van der Waals surface area contributed by atoms with Gasteiger partial charge in [0.15, 0.2) is 28.8 Å². The van der Waals surface area contributed by atoms with Gasteiger partial charge in [-0.2, -0.15) is 0 Å². The van der Waals surface area contributed by atoms with E-state index in [2.05, 4.69) is 16.0 Å². The molecule has 2 aliphatic rings. The Labute approximate surface area is 585 Å². The lowest BCUT2D eigenvalue weighted by atomic mass is 9.83. The van der Waals surface area contributed by atoms with Crippen molar-refractivity contribution in [2.24, 2.45) is 47.2 Å². The van der Waals surface area contributed by atoms with Crippen LogP contribution in [0.1, 0.15) is 167 Å². The SMILES string of the molecule is CC[C@H](C)[C@@H]([C@@H](CC(=O)N1C[C@@H](NC(=O)OCc2ccc(CC(=O)[C@H](CCCCC(N)=O)NC(=O)[C@@H](CC(=O)CCCCCN3C(=O)C=CC3=O)C(C)C)cc2)C[C@H]1[C@H](OC)[C@@H](C)C(=O)NCC(=O)c1ccc(OC)c(OC)c1)OC)N(C)C(=O)[C@@H](CC(=O)[C@H](C(C)C)N(C)C)C(C)C. The molecule has 2 aromatic carbocycles. The molecule has 1 fully saturated rings. The topological polar surface area (TPSA) is 326 Å². The van der Waals surface area contributed by atoms with E-state index < -0.39 is 95.7 Å². The molecule has 550 valence electrons. The average molecular weight is 1390 g/mol. The van der Waals surface area contributed by atoms with Crippen LogP contribution in [-0.4, -0.2) is 202 Å². The Morgan fingerprint density at radius 1 is 0.687 bits per heavy atom. The summed E-state index contributed by atoms with van der Waals surface area (Å²) in [4.78, 5) is 168. The Balaban J connectivity index is 1.52. The number of Topliss-reactive ketones (excluding diaryl/α,β-unsaturated/α-hetero) is 4. The number of nitrogens with one attached hydrogen (secondary N) is 3. The van der Waals surface area contributed by atoms with Crippen LogP contribution in [0.3, 0.4) is 0 Å². The summed E-state index contributed by atoms with van der Waals surface area (Å²) < 4.78 is 28.7. The number of nitrogens with zero attached hydrogens (tertiary/aromatic N) is 4. The number of amides is 8. The number of ketones is 4. The van der Waals surface area contributed by atoms with Crippen molar-refractivity contribution in [2.45, 2.75) is 201 Å². The van der Waals surface area contributed by atoms with E-state index in [9.17, 15) is 52.7 Å². The number of primary amides is 1. The fourth-order valence-corrected chi connectivity index (χ4v) is 13.4. The maximum Gasteiger partial charge on any atom is 0.407 e. The minimum atomic E-state index is -0.974. The molecule has 0 unspecified atom stereocenters. The van der Waals surface area contributed by atoms with Crippen LogP contribution in [0.15, 0.2) is 54.6 Å². The maximum atomic E-state index is 15.1. The summed E-state index contributed by atoms with van der Waals surface area (Å²) in [6, 6.07) is 7.96. The van der Waals surface area contributed by atoms with Crippen molar-refractivity contribution in [1.29, 1.82) is 0 Å². The first-order chi connectivity index (χ1) is 46.8. The number of nitrogens with two attached hydrogens (primary N) is 1. The number of unbranched alkanes of at least 4 members (excludes halogenated alkanes) is 3. The standard InChI is InChI=1S/C74H112N8O17/c1-17-47(8)69(80(12)73(93)55(45(4)5)39-59(85)68(46(6)7)79(10)11)63(97-15)40-67(90)82-42-52(37-57(82)70(98-16)48(9)71(91)76-41-60(86)51-30-31-61(95-13)62(36-51)96-14)77-74(94)99-43-50-28-26-49(27-29-50)35-58(84)56(24-20-21-25-64(75)87)78-72(92)54(44(2)3)38-53(83)23-19-18-22-34-81-65(88)32-33-66(81)89/h26-33,36,44-48,52,54-57,63,68-70H,17-25,34-35,37-43H2,1-16H3,(H2,75,87)(H,76,91)(H,77,94)(H,78,92)/t47-,48+,52-,54-,55-,56-,57-,63+,68-,69-,70+/m0/s1. The molecule has 1 saturated heterocycles. The molecule has 0 spiro atoms.